The van der Waals surface area contributed by atoms with E-state index >= 15 is 0 Å². The maximum Gasteiger partial charge on any atom is 0.416 e. The van der Waals surface area contributed by atoms with Crippen LogP contribution in [0.3, 0.4) is 0 Å². The molecule has 1 aliphatic rings. The Bertz CT molecular complexity index is 636. The van der Waals surface area contributed by atoms with Crippen LogP contribution in [0.4, 0.5) is 18.9 Å². The van der Waals surface area contributed by atoms with Crippen molar-refractivity contribution in [2.75, 3.05) is 5.32 Å². The summed E-state index contributed by atoms with van der Waals surface area (Å²) in [5, 5.41) is 3.27. The second-order valence-corrected chi connectivity index (χ2v) is 5.55. The van der Waals surface area contributed by atoms with Gasteiger partial charge in [-0.05, 0) is 48.6 Å². The molecule has 110 valence electrons. The van der Waals surface area contributed by atoms with E-state index in [0.29, 0.717) is 5.69 Å². The van der Waals surface area contributed by atoms with Gasteiger partial charge >= 0.3 is 6.18 Å². The van der Waals surface area contributed by atoms with Gasteiger partial charge in [-0.25, -0.2) is 0 Å². The van der Waals surface area contributed by atoms with Crippen LogP contribution >= 0.6 is 0 Å². The predicted molar refractivity (Wildman–Crippen MR) is 77.4 cm³/mol. The van der Waals surface area contributed by atoms with Gasteiger partial charge < -0.3 is 5.32 Å². The van der Waals surface area contributed by atoms with Crippen molar-refractivity contribution in [3.63, 3.8) is 0 Å². The Morgan fingerprint density at radius 3 is 2.19 bits per heavy atom. The predicted octanol–water partition coefficient (Wildman–Crippen LogP) is 4.59. The van der Waals surface area contributed by atoms with E-state index < -0.39 is 11.7 Å². The highest BCUT2D eigenvalue weighted by molar-refractivity contribution is 5.55. The van der Waals surface area contributed by atoms with Crippen LogP contribution in [-0.2, 0) is 19.0 Å². The van der Waals surface area contributed by atoms with Gasteiger partial charge in [-0.3, -0.25) is 0 Å². The molecule has 3 rings (SSSR count). The average molecular weight is 291 g/mol. The summed E-state index contributed by atoms with van der Waals surface area (Å²) in [6.45, 7) is 1.82. The quantitative estimate of drug-likeness (QED) is 0.853. The van der Waals surface area contributed by atoms with Gasteiger partial charge in [-0.15, -0.1) is 0 Å². The van der Waals surface area contributed by atoms with E-state index in [0.717, 1.165) is 24.5 Å². The lowest BCUT2D eigenvalue weighted by Crippen LogP contribution is -2.20. The van der Waals surface area contributed by atoms with Gasteiger partial charge in [0.05, 0.1) is 5.56 Å². The lowest BCUT2D eigenvalue weighted by molar-refractivity contribution is -0.137. The minimum atomic E-state index is -4.30. The molecule has 2 aromatic rings. The highest BCUT2D eigenvalue weighted by Gasteiger charge is 2.31. The molecule has 0 bridgehead atoms. The van der Waals surface area contributed by atoms with Crippen molar-refractivity contribution in [1.29, 1.82) is 0 Å². The number of aryl methyl sites for hydroxylation is 1. The fraction of sp³-hybridized carbons (Fsp3) is 0.294. The number of nitrogens with one attached hydrogen (secondary N) is 1. The van der Waals surface area contributed by atoms with Gasteiger partial charge in [0.15, 0.2) is 0 Å². The van der Waals surface area contributed by atoms with Crippen LogP contribution in [0.5, 0.6) is 0 Å². The van der Waals surface area contributed by atoms with Crippen molar-refractivity contribution in [3.05, 3.63) is 64.7 Å². The van der Waals surface area contributed by atoms with Crippen LogP contribution in [-0.4, -0.2) is 6.04 Å². The minimum Gasteiger partial charge on any atom is -0.381 e. The number of rotatable bonds is 2. The number of anilines is 1. The standard InChI is InChI=1S/C17H16F3N/c1-11-6-7-14(17(18,19)20)10-16(11)21-15-8-12-4-2-3-5-13(12)9-15/h2-7,10,15,21H,8-9H2,1H3. The Labute approximate surface area is 121 Å². The minimum absolute atomic E-state index is 0.157. The zero-order valence-electron chi connectivity index (χ0n) is 11.7. The van der Waals surface area contributed by atoms with Crippen molar-refractivity contribution in [2.24, 2.45) is 0 Å². The number of hydrogen-bond acceptors (Lipinski definition) is 1. The Morgan fingerprint density at radius 1 is 1.00 bits per heavy atom. The second-order valence-electron chi connectivity index (χ2n) is 5.55. The Hall–Kier alpha value is -1.97. The third-order valence-electron chi connectivity index (χ3n) is 3.98. The normalized spacial score (nSPS) is 15.0. The van der Waals surface area contributed by atoms with Crippen LogP contribution < -0.4 is 5.32 Å². The van der Waals surface area contributed by atoms with Crippen molar-refractivity contribution in [1.82, 2.24) is 0 Å². The monoisotopic (exact) mass is 291 g/mol. The van der Waals surface area contributed by atoms with Crippen molar-refractivity contribution < 1.29 is 13.2 Å². The lowest BCUT2D eigenvalue weighted by atomic mass is 10.1. The first-order valence-corrected chi connectivity index (χ1v) is 6.94. The van der Waals surface area contributed by atoms with Crippen LogP contribution in [0.15, 0.2) is 42.5 Å². The Morgan fingerprint density at radius 2 is 1.62 bits per heavy atom. The van der Waals surface area contributed by atoms with Gasteiger partial charge in [-0.2, -0.15) is 13.2 Å². The number of halogens is 3. The molecule has 0 atom stereocenters. The van der Waals surface area contributed by atoms with Gasteiger partial charge in [-0.1, -0.05) is 30.3 Å². The molecule has 0 unspecified atom stereocenters. The van der Waals surface area contributed by atoms with E-state index in [2.05, 4.69) is 17.4 Å². The Kier molecular flexibility index (Phi) is 3.40. The molecule has 0 aliphatic heterocycles. The molecule has 0 saturated carbocycles. The highest BCUT2D eigenvalue weighted by Crippen LogP contribution is 2.33. The highest BCUT2D eigenvalue weighted by atomic mass is 19.4. The summed E-state index contributed by atoms with van der Waals surface area (Å²) in [5.74, 6) is 0. The lowest BCUT2D eigenvalue weighted by Gasteiger charge is -2.17. The third-order valence-corrected chi connectivity index (χ3v) is 3.98. The summed E-state index contributed by atoms with van der Waals surface area (Å²) in [6.07, 6.45) is -2.60. The molecule has 1 N–H and O–H groups in total. The first-order valence-electron chi connectivity index (χ1n) is 6.94. The van der Waals surface area contributed by atoms with Gasteiger partial charge in [0.25, 0.3) is 0 Å². The number of benzene rings is 2. The average Bonchev–Trinajstić information content (AvgIpc) is 2.82. The summed E-state index contributed by atoms with van der Waals surface area (Å²) in [4.78, 5) is 0. The zero-order valence-corrected chi connectivity index (χ0v) is 11.7. The summed E-state index contributed by atoms with van der Waals surface area (Å²) in [5.41, 5.74) is 3.35. The molecule has 0 radical (unpaired) electrons. The third kappa shape index (κ3) is 2.89. The van der Waals surface area contributed by atoms with Gasteiger partial charge in [0, 0.05) is 11.7 Å². The maximum absolute atomic E-state index is 12.8. The molecular formula is C17H16F3N. The largest absolute Gasteiger partial charge is 0.416 e. The fourth-order valence-corrected chi connectivity index (χ4v) is 2.83. The molecule has 0 amide bonds. The summed E-state index contributed by atoms with van der Waals surface area (Å²) < 4.78 is 38.4. The first kappa shape index (κ1) is 14.0. The first-order chi connectivity index (χ1) is 9.93. The molecule has 1 nitrogen and oxygen atoms in total. The molecule has 2 aromatic carbocycles. The van der Waals surface area contributed by atoms with E-state index in [9.17, 15) is 13.2 Å². The molecule has 0 aromatic heterocycles. The maximum atomic E-state index is 12.8. The summed E-state index contributed by atoms with van der Waals surface area (Å²) >= 11 is 0. The van der Waals surface area contributed by atoms with Crippen molar-refractivity contribution in [2.45, 2.75) is 32.0 Å². The van der Waals surface area contributed by atoms with Gasteiger partial charge in [0.1, 0.15) is 0 Å². The summed E-state index contributed by atoms with van der Waals surface area (Å²) in [7, 11) is 0. The van der Waals surface area contributed by atoms with Crippen LogP contribution in [0.1, 0.15) is 22.3 Å². The molecule has 1 aliphatic carbocycles. The fourth-order valence-electron chi connectivity index (χ4n) is 2.83. The summed E-state index contributed by atoms with van der Waals surface area (Å²) in [6, 6.07) is 12.2. The van der Waals surface area contributed by atoms with E-state index in [-0.39, 0.29) is 6.04 Å². The van der Waals surface area contributed by atoms with E-state index in [1.807, 2.05) is 19.1 Å². The van der Waals surface area contributed by atoms with Crippen LogP contribution in [0, 0.1) is 6.92 Å². The van der Waals surface area contributed by atoms with E-state index in [4.69, 9.17) is 0 Å². The molecule has 4 heteroatoms. The number of alkyl halides is 3. The topological polar surface area (TPSA) is 12.0 Å². The molecule has 21 heavy (non-hydrogen) atoms. The van der Waals surface area contributed by atoms with Crippen molar-refractivity contribution in [3.8, 4) is 0 Å². The van der Waals surface area contributed by atoms with Gasteiger partial charge in [0.2, 0.25) is 0 Å². The number of fused-ring (bicyclic) bond motifs is 1. The molecule has 0 fully saturated rings. The van der Waals surface area contributed by atoms with Crippen molar-refractivity contribution >= 4 is 5.69 Å². The zero-order chi connectivity index (χ0) is 15.0. The molecule has 0 heterocycles. The van der Waals surface area contributed by atoms with E-state index in [1.165, 1.54) is 23.3 Å². The smallest absolute Gasteiger partial charge is 0.381 e. The molecule has 0 spiro atoms. The Balaban J connectivity index is 1.80. The second kappa shape index (κ2) is 5.10. The number of hydrogen-bond donors (Lipinski definition) is 1. The van der Waals surface area contributed by atoms with Crippen LogP contribution in [0.2, 0.25) is 0 Å². The molecule has 0 saturated heterocycles. The van der Waals surface area contributed by atoms with Crippen LogP contribution in [0.25, 0.3) is 0 Å². The van der Waals surface area contributed by atoms with E-state index in [1.54, 1.807) is 0 Å². The SMILES string of the molecule is Cc1ccc(C(F)(F)F)cc1NC1Cc2ccccc2C1. The molecular weight excluding hydrogens is 275 g/mol.